The fourth-order valence-corrected chi connectivity index (χ4v) is 3.79. The molecule has 0 aromatic heterocycles. The summed E-state index contributed by atoms with van der Waals surface area (Å²) in [5.74, 6) is -0.818. The van der Waals surface area contributed by atoms with Crippen molar-refractivity contribution in [2.45, 2.75) is 18.9 Å². The van der Waals surface area contributed by atoms with Gasteiger partial charge in [0, 0.05) is 12.6 Å². The number of carbonyl (C=O) groups is 1. The van der Waals surface area contributed by atoms with Crippen molar-refractivity contribution in [3.8, 4) is 0 Å². The molecule has 0 aromatic rings. The Morgan fingerprint density at radius 3 is 2.67 bits per heavy atom. The second-order valence-electron chi connectivity index (χ2n) is 5.06. The molecule has 0 amide bonds. The van der Waals surface area contributed by atoms with Crippen LogP contribution in [0, 0.1) is 0 Å². The van der Waals surface area contributed by atoms with Crippen LogP contribution in [0.5, 0.6) is 0 Å². The Bertz CT molecular complexity index is 381. The summed E-state index contributed by atoms with van der Waals surface area (Å²) in [6, 6.07) is -0.372. The van der Waals surface area contributed by atoms with E-state index in [-0.39, 0.29) is 24.0 Å². The Labute approximate surface area is 108 Å². The summed E-state index contributed by atoms with van der Waals surface area (Å²) in [6.07, 6.45) is 0.824. The van der Waals surface area contributed by atoms with Gasteiger partial charge in [0.1, 0.15) is 0 Å². The van der Waals surface area contributed by atoms with E-state index < -0.39 is 15.8 Å². The molecule has 0 radical (unpaired) electrons. The third kappa shape index (κ3) is 5.32. The molecule has 1 aliphatic rings. The van der Waals surface area contributed by atoms with Crippen LogP contribution in [0.15, 0.2) is 0 Å². The molecule has 1 atom stereocenters. The standard InChI is InChI=1S/C11H22N2O4S/c1-12(2)4-3-5-13-6-7-18(16,17)9-10(13)8-11(14)15/h10H,3-9H2,1-2H3,(H,14,15). The van der Waals surface area contributed by atoms with Crippen molar-refractivity contribution in [2.75, 3.05) is 45.2 Å². The van der Waals surface area contributed by atoms with Gasteiger partial charge in [-0.15, -0.1) is 0 Å². The molecule has 0 bridgehead atoms. The van der Waals surface area contributed by atoms with Crippen LogP contribution >= 0.6 is 0 Å². The van der Waals surface area contributed by atoms with E-state index in [1.54, 1.807) is 0 Å². The minimum absolute atomic E-state index is 0.0265. The van der Waals surface area contributed by atoms with Gasteiger partial charge in [-0.1, -0.05) is 0 Å². The normalized spacial score (nSPS) is 24.3. The van der Waals surface area contributed by atoms with E-state index in [4.69, 9.17) is 5.11 Å². The Morgan fingerprint density at radius 2 is 2.11 bits per heavy atom. The summed E-state index contributed by atoms with van der Waals surface area (Å²) in [5.41, 5.74) is 0. The van der Waals surface area contributed by atoms with Gasteiger partial charge in [0.2, 0.25) is 0 Å². The highest BCUT2D eigenvalue weighted by molar-refractivity contribution is 7.91. The predicted molar refractivity (Wildman–Crippen MR) is 69.4 cm³/mol. The van der Waals surface area contributed by atoms with Crippen LogP contribution in [0.2, 0.25) is 0 Å². The van der Waals surface area contributed by atoms with Gasteiger partial charge in [-0.05, 0) is 33.6 Å². The molecule has 1 rings (SSSR count). The molecule has 1 fully saturated rings. The zero-order chi connectivity index (χ0) is 13.8. The van der Waals surface area contributed by atoms with Crippen molar-refractivity contribution in [3.63, 3.8) is 0 Å². The number of nitrogens with zero attached hydrogens (tertiary/aromatic N) is 2. The Morgan fingerprint density at radius 1 is 1.44 bits per heavy atom. The predicted octanol–water partition coefficient (Wildman–Crippen LogP) is -0.488. The SMILES string of the molecule is CN(C)CCCN1CCS(=O)(=O)CC1CC(=O)O. The van der Waals surface area contributed by atoms with Crippen LogP contribution in [-0.2, 0) is 14.6 Å². The molecule has 0 spiro atoms. The lowest BCUT2D eigenvalue weighted by molar-refractivity contribution is -0.138. The van der Waals surface area contributed by atoms with Crippen molar-refractivity contribution in [1.82, 2.24) is 9.80 Å². The minimum atomic E-state index is -3.07. The first-order chi connectivity index (χ1) is 8.30. The second kappa shape index (κ2) is 6.49. The average molecular weight is 278 g/mol. The Balaban J connectivity index is 2.55. The van der Waals surface area contributed by atoms with E-state index in [1.807, 2.05) is 19.0 Å². The van der Waals surface area contributed by atoms with Crippen molar-refractivity contribution in [2.24, 2.45) is 0 Å². The monoisotopic (exact) mass is 278 g/mol. The van der Waals surface area contributed by atoms with Crippen molar-refractivity contribution >= 4 is 15.8 Å². The van der Waals surface area contributed by atoms with E-state index in [0.717, 1.165) is 19.5 Å². The first kappa shape index (κ1) is 15.4. The van der Waals surface area contributed by atoms with E-state index >= 15 is 0 Å². The molecule has 7 heteroatoms. The number of carboxylic acid groups (broad SMARTS) is 1. The second-order valence-corrected chi connectivity index (χ2v) is 7.29. The van der Waals surface area contributed by atoms with Gasteiger partial charge in [0.05, 0.1) is 17.9 Å². The average Bonchev–Trinajstić information content (AvgIpc) is 2.19. The number of aliphatic carboxylic acids is 1. The quantitative estimate of drug-likeness (QED) is 0.706. The Kier molecular flexibility index (Phi) is 5.55. The summed E-state index contributed by atoms with van der Waals surface area (Å²) in [6.45, 7) is 2.13. The smallest absolute Gasteiger partial charge is 0.304 e. The summed E-state index contributed by atoms with van der Waals surface area (Å²) in [4.78, 5) is 14.8. The highest BCUT2D eigenvalue weighted by atomic mass is 32.2. The molecule has 1 heterocycles. The molecule has 0 aromatic carbocycles. The van der Waals surface area contributed by atoms with E-state index in [1.165, 1.54) is 0 Å². The highest BCUT2D eigenvalue weighted by Gasteiger charge is 2.32. The first-order valence-corrected chi connectivity index (χ1v) is 7.93. The molecule has 1 aliphatic heterocycles. The molecule has 1 unspecified atom stereocenters. The molecular weight excluding hydrogens is 256 g/mol. The lowest BCUT2D eigenvalue weighted by Crippen LogP contribution is -2.49. The van der Waals surface area contributed by atoms with Crippen LogP contribution < -0.4 is 0 Å². The van der Waals surface area contributed by atoms with Crippen molar-refractivity contribution < 1.29 is 18.3 Å². The van der Waals surface area contributed by atoms with Gasteiger partial charge in [0.25, 0.3) is 0 Å². The topological polar surface area (TPSA) is 77.9 Å². The minimum Gasteiger partial charge on any atom is -0.481 e. The summed E-state index contributed by atoms with van der Waals surface area (Å²) in [7, 11) is 0.896. The largest absolute Gasteiger partial charge is 0.481 e. The maximum Gasteiger partial charge on any atom is 0.304 e. The van der Waals surface area contributed by atoms with E-state index in [2.05, 4.69) is 4.90 Å². The highest BCUT2D eigenvalue weighted by Crippen LogP contribution is 2.15. The van der Waals surface area contributed by atoms with Crippen LogP contribution in [0.3, 0.4) is 0 Å². The van der Waals surface area contributed by atoms with Gasteiger partial charge >= 0.3 is 5.97 Å². The summed E-state index contributed by atoms with van der Waals surface area (Å²) < 4.78 is 23.1. The molecule has 1 N–H and O–H groups in total. The summed E-state index contributed by atoms with van der Waals surface area (Å²) >= 11 is 0. The fraction of sp³-hybridized carbons (Fsp3) is 0.909. The number of hydrogen-bond donors (Lipinski definition) is 1. The Hall–Kier alpha value is -0.660. The van der Waals surface area contributed by atoms with Crippen molar-refractivity contribution in [1.29, 1.82) is 0 Å². The maximum absolute atomic E-state index is 11.5. The summed E-state index contributed by atoms with van der Waals surface area (Å²) in [5, 5.41) is 8.84. The van der Waals surface area contributed by atoms with Crippen LogP contribution in [0.4, 0.5) is 0 Å². The van der Waals surface area contributed by atoms with Gasteiger partial charge in [-0.3, -0.25) is 9.69 Å². The van der Waals surface area contributed by atoms with Crippen LogP contribution in [-0.4, -0.2) is 80.6 Å². The van der Waals surface area contributed by atoms with Crippen LogP contribution in [0.1, 0.15) is 12.8 Å². The van der Waals surface area contributed by atoms with Gasteiger partial charge in [-0.25, -0.2) is 8.42 Å². The van der Waals surface area contributed by atoms with E-state index in [0.29, 0.717) is 6.54 Å². The zero-order valence-electron chi connectivity index (χ0n) is 11.0. The lowest BCUT2D eigenvalue weighted by atomic mass is 10.2. The molecule has 1 saturated heterocycles. The fourth-order valence-electron chi connectivity index (χ4n) is 2.19. The number of carboxylic acids is 1. The van der Waals surface area contributed by atoms with Crippen molar-refractivity contribution in [3.05, 3.63) is 0 Å². The van der Waals surface area contributed by atoms with Gasteiger partial charge in [0.15, 0.2) is 9.84 Å². The van der Waals surface area contributed by atoms with Gasteiger partial charge < -0.3 is 10.0 Å². The van der Waals surface area contributed by atoms with Crippen LogP contribution in [0.25, 0.3) is 0 Å². The third-order valence-electron chi connectivity index (χ3n) is 3.11. The third-order valence-corrected chi connectivity index (χ3v) is 4.81. The molecule has 0 saturated carbocycles. The first-order valence-electron chi connectivity index (χ1n) is 6.11. The molecule has 6 nitrogen and oxygen atoms in total. The number of sulfone groups is 1. The maximum atomic E-state index is 11.5. The lowest BCUT2D eigenvalue weighted by Gasteiger charge is -2.34. The van der Waals surface area contributed by atoms with Gasteiger partial charge in [-0.2, -0.15) is 0 Å². The number of hydrogen-bond acceptors (Lipinski definition) is 5. The van der Waals surface area contributed by atoms with E-state index in [9.17, 15) is 13.2 Å². The number of rotatable bonds is 6. The molecule has 18 heavy (non-hydrogen) atoms. The molecule has 0 aliphatic carbocycles. The zero-order valence-corrected chi connectivity index (χ0v) is 11.8. The molecular formula is C11H22N2O4S. The molecule has 106 valence electrons.